The first-order valence-corrected chi connectivity index (χ1v) is 10.0. The number of hydrazine groups is 1. The van der Waals surface area contributed by atoms with Crippen LogP contribution in [0.3, 0.4) is 0 Å². The fourth-order valence-corrected chi connectivity index (χ4v) is 3.58. The second-order valence-electron chi connectivity index (χ2n) is 7.58. The Labute approximate surface area is 178 Å². The first kappa shape index (κ1) is 19.3. The lowest BCUT2D eigenvalue weighted by atomic mass is 9.99. The minimum absolute atomic E-state index is 0.257. The molecule has 0 aliphatic carbocycles. The van der Waals surface area contributed by atoms with E-state index in [1.54, 1.807) is 0 Å². The van der Waals surface area contributed by atoms with Crippen molar-refractivity contribution >= 4 is 17.1 Å². The highest BCUT2D eigenvalue weighted by Crippen LogP contribution is 2.34. The maximum Gasteiger partial charge on any atom is 0.245 e. The second-order valence-corrected chi connectivity index (χ2v) is 7.58. The van der Waals surface area contributed by atoms with Crippen molar-refractivity contribution in [2.24, 2.45) is 0 Å². The largest absolute Gasteiger partial charge is 0.454 e. The summed E-state index contributed by atoms with van der Waals surface area (Å²) >= 11 is 0. The minimum atomic E-state index is 0.257. The monoisotopic (exact) mass is 418 g/mol. The molecule has 9 nitrogen and oxygen atoms in total. The number of anilines is 1. The zero-order valence-corrected chi connectivity index (χ0v) is 17.5. The Morgan fingerprint density at radius 3 is 2.52 bits per heavy atom. The van der Waals surface area contributed by atoms with Gasteiger partial charge >= 0.3 is 0 Å². The average Bonchev–Trinajstić information content (AvgIpc) is 3.40. The van der Waals surface area contributed by atoms with E-state index in [-0.39, 0.29) is 6.79 Å². The summed E-state index contributed by atoms with van der Waals surface area (Å²) < 4.78 is 15.7. The summed E-state index contributed by atoms with van der Waals surface area (Å²) in [6.07, 6.45) is 0.608. The second kappa shape index (κ2) is 7.84. The van der Waals surface area contributed by atoms with E-state index in [1.807, 2.05) is 19.1 Å². The van der Waals surface area contributed by atoms with Gasteiger partial charge in [0.2, 0.25) is 18.1 Å². The van der Waals surface area contributed by atoms with Gasteiger partial charge in [0.15, 0.2) is 17.3 Å². The van der Waals surface area contributed by atoms with Gasteiger partial charge in [0.1, 0.15) is 0 Å². The highest BCUT2D eigenvalue weighted by molar-refractivity contribution is 5.67. The van der Waals surface area contributed by atoms with E-state index in [0.717, 1.165) is 28.3 Å². The van der Waals surface area contributed by atoms with E-state index in [0.29, 0.717) is 30.1 Å². The number of fused-ring (bicyclic) bond motifs is 2. The molecule has 5 rings (SSSR count). The Morgan fingerprint density at radius 2 is 1.68 bits per heavy atom. The molecular formula is C22H22N6O3. The fraction of sp³-hybridized carbons (Fsp3) is 0.273. The van der Waals surface area contributed by atoms with E-state index in [4.69, 9.17) is 14.1 Å². The van der Waals surface area contributed by atoms with Crippen LogP contribution in [0.4, 0.5) is 5.82 Å². The Balaban J connectivity index is 1.39. The molecule has 0 saturated carbocycles. The Bertz CT molecular complexity index is 1270. The summed E-state index contributed by atoms with van der Waals surface area (Å²) in [5.41, 5.74) is 13.8. The zero-order chi connectivity index (χ0) is 21.4. The molecule has 2 aromatic carbocycles. The molecule has 0 fully saturated rings. The fourth-order valence-electron chi connectivity index (χ4n) is 3.58. The van der Waals surface area contributed by atoms with Crippen molar-refractivity contribution in [3.8, 4) is 11.5 Å². The van der Waals surface area contributed by atoms with Crippen molar-refractivity contribution in [2.75, 3.05) is 12.2 Å². The maximum absolute atomic E-state index is 5.49. The molecule has 0 radical (unpaired) electrons. The maximum atomic E-state index is 5.49. The van der Waals surface area contributed by atoms with E-state index in [2.05, 4.69) is 63.2 Å². The van der Waals surface area contributed by atoms with E-state index in [1.165, 1.54) is 16.7 Å². The third-order valence-corrected chi connectivity index (χ3v) is 5.58. The highest BCUT2D eigenvalue weighted by atomic mass is 16.7. The first-order valence-electron chi connectivity index (χ1n) is 10.0. The lowest BCUT2D eigenvalue weighted by Gasteiger charge is -2.14. The molecule has 4 aromatic rings. The Kier molecular flexibility index (Phi) is 4.87. The van der Waals surface area contributed by atoms with Crippen LogP contribution in [0.5, 0.6) is 11.5 Å². The lowest BCUT2D eigenvalue weighted by Crippen LogP contribution is -2.23. The van der Waals surface area contributed by atoms with E-state index >= 15 is 0 Å². The van der Waals surface area contributed by atoms with Gasteiger partial charge in [0, 0.05) is 13.0 Å². The number of benzene rings is 2. The molecule has 0 amide bonds. The molecule has 31 heavy (non-hydrogen) atoms. The van der Waals surface area contributed by atoms with Gasteiger partial charge < -0.3 is 14.9 Å². The van der Waals surface area contributed by atoms with Crippen LogP contribution < -0.4 is 20.3 Å². The molecule has 0 atom stereocenters. The standard InChI is InChI=1S/C22H22N6O3/c1-12-5-4-6-15(14(12)3)8-17-20(25-22-21(24-17)27-31-28-22)26-23-10-16-9-19-18(7-13(16)2)29-11-30-19/h4-7,9,23H,8,10-11H2,1-3H3,(H,25,26,28). The van der Waals surface area contributed by atoms with Crippen molar-refractivity contribution in [3.63, 3.8) is 0 Å². The summed E-state index contributed by atoms with van der Waals surface area (Å²) in [5, 5.41) is 7.66. The number of nitrogens with zero attached hydrogens (tertiary/aromatic N) is 4. The lowest BCUT2D eigenvalue weighted by molar-refractivity contribution is 0.174. The SMILES string of the molecule is Cc1cc2c(cc1CNNc1nc3nonc3nc1Cc1cccc(C)c1C)OCO2. The predicted molar refractivity (Wildman–Crippen MR) is 114 cm³/mol. The normalized spacial score (nSPS) is 12.5. The summed E-state index contributed by atoms with van der Waals surface area (Å²) in [4.78, 5) is 9.17. The Hall–Kier alpha value is -3.72. The summed E-state index contributed by atoms with van der Waals surface area (Å²) in [7, 11) is 0. The number of hydrogen-bond acceptors (Lipinski definition) is 9. The van der Waals surface area contributed by atoms with Crippen LogP contribution in [0.1, 0.15) is 33.5 Å². The number of aryl methyl sites for hydroxylation is 2. The molecular weight excluding hydrogens is 396 g/mol. The summed E-state index contributed by atoms with van der Waals surface area (Å²) in [5.74, 6) is 2.12. The van der Waals surface area contributed by atoms with Crippen LogP contribution in [0, 0.1) is 20.8 Å². The van der Waals surface area contributed by atoms with Crippen molar-refractivity contribution in [3.05, 3.63) is 63.8 Å². The van der Waals surface area contributed by atoms with Gasteiger partial charge in [-0.25, -0.2) is 20.0 Å². The number of rotatable bonds is 6. The summed E-state index contributed by atoms with van der Waals surface area (Å²) in [6, 6.07) is 10.2. The van der Waals surface area contributed by atoms with Crippen LogP contribution in [-0.4, -0.2) is 27.1 Å². The first-order chi connectivity index (χ1) is 15.1. The van der Waals surface area contributed by atoms with Crippen molar-refractivity contribution in [1.29, 1.82) is 0 Å². The third-order valence-electron chi connectivity index (χ3n) is 5.58. The van der Waals surface area contributed by atoms with Gasteiger partial charge in [-0.3, -0.25) is 0 Å². The molecule has 2 aromatic heterocycles. The topological polar surface area (TPSA) is 107 Å². The molecule has 1 aliphatic heterocycles. The molecule has 0 saturated heterocycles. The molecule has 2 N–H and O–H groups in total. The molecule has 0 spiro atoms. The van der Waals surface area contributed by atoms with Crippen LogP contribution >= 0.6 is 0 Å². The van der Waals surface area contributed by atoms with Gasteiger partial charge in [-0.1, -0.05) is 18.2 Å². The minimum Gasteiger partial charge on any atom is -0.454 e. The number of ether oxygens (including phenoxy) is 2. The van der Waals surface area contributed by atoms with Crippen LogP contribution in [-0.2, 0) is 13.0 Å². The predicted octanol–water partition coefficient (Wildman–Crippen LogP) is 3.37. The molecule has 9 heteroatoms. The highest BCUT2D eigenvalue weighted by Gasteiger charge is 2.17. The molecule has 0 unspecified atom stereocenters. The number of aromatic nitrogens is 4. The van der Waals surface area contributed by atoms with Crippen molar-refractivity contribution < 1.29 is 14.1 Å². The van der Waals surface area contributed by atoms with Crippen molar-refractivity contribution in [2.45, 2.75) is 33.7 Å². The van der Waals surface area contributed by atoms with Gasteiger partial charge in [-0.2, -0.15) is 0 Å². The average molecular weight is 418 g/mol. The molecule has 0 bridgehead atoms. The van der Waals surface area contributed by atoms with Crippen molar-refractivity contribution in [1.82, 2.24) is 25.7 Å². The van der Waals surface area contributed by atoms with Gasteiger partial charge in [-0.15, -0.1) is 0 Å². The number of hydrogen-bond donors (Lipinski definition) is 2. The van der Waals surface area contributed by atoms with Crippen LogP contribution in [0.15, 0.2) is 35.0 Å². The van der Waals surface area contributed by atoms with Gasteiger partial charge in [0.05, 0.1) is 5.69 Å². The van der Waals surface area contributed by atoms with Gasteiger partial charge in [0.25, 0.3) is 0 Å². The van der Waals surface area contributed by atoms with Crippen LogP contribution in [0.25, 0.3) is 11.3 Å². The van der Waals surface area contributed by atoms with E-state index in [9.17, 15) is 0 Å². The number of nitrogens with one attached hydrogen (secondary N) is 2. The Morgan fingerprint density at radius 1 is 0.903 bits per heavy atom. The molecule has 3 heterocycles. The zero-order valence-electron chi connectivity index (χ0n) is 17.5. The summed E-state index contributed by atoms with van der Waals surface area (Å²) in [6.45, 7) is 7.07. The molecule has 1 aliphatic rings. The van der Waals surface area contributed by atoms with Crippen LogP contribution in [0.2, 0.25) is 0 Å². The smallest absolute Gasteiger partial charge is 0.245 e. The quantitative estimate of drug-likeness (QED) is 0.456. The van der Waals surface area contributed by atoms with Gasteiger partial charge in [-0.05, 0) is 71.0 Å². The third kappa shape index (κ3) is 3.75. The molecule has 158 valence electrons. The van der Waals surface area contributed by atoms with E-state index < -0.39 is 0 Å².